The molecule has 37 heavy (non-hydrogen) atoms. The van der Waals surface area contributed by atoms with E-state index in [1.807, 2.05) is 18.2 Å². The Morgan fingerprint density at radius 2 is 1.65 bits per heavy atom. The number of carbonyl (C=O) groups is 1. The Bertz CT molecular complexity index is 1230. The van der Waals surface area contributed by atoms with Crippen LogP contribution in [0.4, 0.5) is 5.82 Å². The van der Waals surface area contributed by atoms with Gasteiger partial charge in [0, 0.05) is 55.8 Å². The molecule has 2 heterocycles. The van der Waals surface area contributed by atoms with Crippen molar-refractivity contribution in [1.82, 2.24) is 14.9 Å². The summed E-state index contributed by atoms with van der Waals surface area (Å²) in [5.74, 6) is 2.88. The first kappa shape index (κ1) is 25.4. The summed E-state index contributed by atoms with van der Waals surface area (Å²) in [7, 11) is 0. The first-order chi connectivity index (χ1) is 18.0. The lowest BCUT2D eigenvalue weighted by Crippen LogP contribution is -2.49. The van der Waals surface area contributed by atoms with Crippen molar-refractivity contribution in [2.24, 2.45) is 5.92 Å². The Hall–Kier alpha value is -3.21. The Labute approximate surface area is 221 Å². The number of hydrogen-bond donors (Lipinski definition) is 0. The standard InChI is InChI=1S/C32H40N4O/c1-23-13-14-24(2)28(21-23)22-29-25(3)33-31(27-11-5-4-6-12-27)34-32(29)36-19-17-35(18-20-36)30(37)16-15-26-9-7-8-10-26/h4-6,11-14,21,26H,7-10,15-20,22H2,1-3H3. The molecule has 1 aliphatic heterocycles. The summed E-state index contributed by atoms with van der Waals surface area (Å²) in [6.07, 6.45) is 7.86. The van der Waals surface area contributed by atoms with Gasteiger partial charge in [-0.05, 0) is 44.2 Å². The lowest BCUT2D eigenvalue weighted by atomic mass is 9.97. The first-order valence-corrected chi connectivity index (χ1v) is 14.0. The molecule has 1 aromatic heterocycles. The van der Waals surface area contributed by atoms with E-state index in [1.165, 1.54) is 47.9 Å². The maximum Gasteiger partial charge on any atom is 0.222 e. The van der Waals surface area contributed by atoms with Crippen LogP contribution in [-0.2, 0) is 11.2 Å². The molecule has 5 rings (SSSR count). The van der Waals surface area contributed by atoms with E-state index >= 15 is 0 Å². The lowest BCUT2D eigenvalue weighted by Gasteiger charge is -2.37. The summed E-state index contributed by atoms with van der Waals surface area (Å²) in [5, 5.41) is 0. The van der Waals surface area contributed by atoms with E-state index in [2.05, 4.69) is 60.9 Å². The van der Waals surface area contributed by atoms with E-state index in [9.17, 15) is 4.79 Å². The topological polar surface area (TPSA) is 49.3 Å². The lowest BCUT2D eigenvalue weighted by molar-refractivity contribution is -0.131. The molecule has 0 bridgehead atoms. The minimum Gasteiger partial charge on any atom is -0.353 e. The minimum atomic E-state index is 0.325. The van der Waals surface area contributed by atoms with Crippen LogP contribution in [0.1, 0.15) is 66.5 Å². The van der Waals surface area contributed by atoms with Crippen molar-refractivity contribution in [1.29, 1.82) is 0 Å². The summed E-state index contributed by atoms with van der Waals surface area (Å²) >= 11 is 0. The summed E-state index contributed by atoms with van der Waals surface area (Å²) in [5.41, 5.74) is 7.13. The Morgan fingerprint density at radius 1 is 0.919 bits per heavy atom. The maximum atomic E-state index is 13.0. The number of benzene rings is 2. The number of carbonyl (C=O) groups excluding carboxylic acids is 1. The molecule has 1 aliphatic carbocycles. The quantitative estimate of drug-likeness (QED) is 0.386. The number of piperazine rings is 1. The van der Waals surface area contributed by atoms with Crippen molar-refractivity contribution in [2.45, 2.75) is 65.7 Å². The van der Waals surface area contributed by atoms with E-state index in [-0.39, 0.29) is 0 Å². The summed E-state index contributed by atoms with van der Waals surface area (Å²) < 4.78 is 0. The second kappa shape index (κ2) is 11.5. The number of amides is 1. The van der Waals surface area contributed by atoms with Gasteiger partial charge in [0.2, 0.25) is 5.91 Å². The SMILES string of the molecule is Cc1ccc(C)c(Cc2c(C)nc(-c3ccccc3)nc2N2CCN(C(=O)CCC3CCCC3)CC2)c1. The number of aromatic nitrogens is 2. The second-order valence-electron chi connectivity index (χ2n) is 11.0. The molecule has 2 aromatic carbocycles. The second-order valence-corrected chi connectivity index (χ2v) is 11.0. The van der Waals surface area contributed by atoms with E-state index in [0.29, 0.717) is 12.3 Å². The molecular weight excluding hydrogens is 456 g/mol. The molecule has 5 heteroatoms. The molecular formula is C32H40N4O. The molecule has 0 spiro atoms. The first-order valence-electron chi connectivity index (χ1n) is 14.0. The molecule has 5 nitrogen and oxygen atoms in total. The Balaban J connectivity index is 1.37. The fourth-order valence-electron chi connectivity index (χ4n) is 5.90. The normalized spacial score (nSPS) is 16.4. The molecule has 2 fully saturated rings. The van der Waals surface area contributed by atoms with Gasteiger partial charge in [0.1, 0.15) is 5.82 Å². The van der Waals surface area contributed by atoms with Gasteiger partial charge in [-0.2, -0.15) is 0 Å². The van der Waals surface area contributed by atoms with Crippen LogP contribution in [0.25, 0.3) is 11.4 Å². The van der Waals surface area contributed by atoms with Gasteiger partial charge in [0.05, 0.1) is 0 Å². The van der Waals surface area contributed by atoms with E-state index in [1.54, 1.807) is 0 Å². The highest BCUT2D eigenvalue weighted by molar-refractivity contribution is 5.76. The number of hydrogen-bond acceptors (Lipinski definition) is 4. The van der Waals surface area contributed by atoms with Crippen LogP contribution < -0.4 is 4.90 Å². The molecule has 1 amide bonds. The maximum absolute atomic E-state index is 13.0. The Morgan fingerprint density at radius 3 is 2.38 bits per heavy atom. The highest BCUT2D eigenvalue weighted by Gasteiger charge is 2.26. The summed E-state index contributed by atoms with van der Waals surface area (Å²) in [4.78, 5) is 27.5. The van der Waals surface area contributed by atoms with Crippen molar-refractivity contribution in [2.75, 3.05) is 31.1 Å². The number of anilines is 1. The van der Waals surface area contributed by atoms with E-state index in [0.717, 1.165) is 67.8 Å². The molecule has 0 atom stereocenters. The van der Waals surface area contributed by atoms with Crippen LogP contribution in [-0.4, -0.2) is 47.0 Å². The van der Waals surface area contributed by atoms with Gasteiger partial charge in [-0.1, -0.05) is 79.8 Å². The Kier molecular flexibility index (Phi) is 7.87. The third kappa shape index (κ3) is 6.03. The molecule has 2 aliphatic rings. The van der Waals surface area contributed by atoms with Crippen LogP contribution in [0.3, 0.4) is 0 Å². The van der Waals surface area contributed by atoms with Crippen molar-refractivity contribution in [3.8, 4) is 11.4 Å². The van der Waals surface area contributed by atoms with Crippen molar-refractivity contribution in [3.63, 3.8) is 0 Å². The smallest absolute Gasteiger partial charge is 0.222 e. The van der Waals surface area contributed by atoms with E-state index < -0.39 is 0 Å². The van der Waals surface area contributed by atoms with E-state index in [4.69, 9.17) is 9.97 Å². The van der Waals surface area contributed by atoms with Crippen molar-refractivity contribution < 1.29 is 4.79 Å². The molecule has 194 valence electrons. The highest BCUT2D eigenvalue weighted by Crippen LogP contribution is 2.31. The summed E-state index contributed by atoms with van der Waals surface area (Å²) in [6, 6.07) is 16.9. The van der Waals surface area contributed by atoms with Gasteiger partial charge in [-0.15, -0.1) is 0 Å². The molecule has 3 aromatic rings. The van der Waals surface area contributed by atoms with Crippen LogP contribution in [0.15, 0.2) is 48.5 Å². The summed E-state index contributed by atoms with van der Waals surface area (Å²) in [6.45, 7) is 9.57. The van der Waals surface area contributed by atoms with Gasteiger partial charge in [0.25, 0.3) is 0 Å². The van der Waals surface area contributed by atoms with Gasteiger partial charge in [0.15, 0.2) is 5.82 Å². The van der Waals surface area contributed by atoms with Crippen molar-refractivity contribution in [3.05, 3.63) is 76.5 Å². The fourth-order valence-corrected chi connectivity index (χ4v) is 5.90. The van der Waals surface area contributed by atoms with Gasteiger partial charge >= 0.3 is 0 Å². The number of nitrogens with zero attached hydrogens (tertiary/aromatic N) is 4. The predicted octanol–water partition coefficient (Wildman–Crippen LogP) is 6.28. The molecule has 0 N–H and O–H groups in total. The van der Waals surface area contributed by atoms with Gasteiger partial charge < -0.3 is 9.80 Å². The molecule has 1 saturated heterocycles. The van der Waals surface area contributed by atoms with Crippen LogP contribution in [0.5, 0.6) is 0 Å². The van der Waals surface area contributed by atoms with Crippen molar-refractivity contribution >= 4 is 11.7 Å². The average Bonchev–Trinajstić information content (AvgIpc) is 3.45. The highest BCUT2D eigenvalue weighted by atomic mass is 16.2. The fraction of sp³-hybridized carbons (Fsp3) is 0.469. The van der Waals surface area contributed by atoms with Gasteiger partial charge in [-0.25, -0.2) is 9.97 Å². The molecule has 0 unspecified atom stereocenters. The monoisotopic (exact) mass is 496 g/mol. The minimum absolute atomic E-state index is 0.325. The zero-order valence-corrected chi connectivity index (χ0v) is 22.7. The number of rotatable bonds is 7. The van der Waals surface area contributed by atoms with Crippen LogP contribution >= 0.6 is 0 Å². The van der Waals surface area contributed by atoms with Crippen LogP contribution in [0.2, 0.25) is 0 Å². The zero-order chi connectivity index (χ0) is 25.8. The predicted molar refractivity (Wildman–Crippen MR) is 151 cm³/mol. The van der Waals surface area contributed by atoms with Crippen LogP contribution in [0, 0.1) is 26.7 Å². The largest absolute Gasteiger partial charge is 0.353 e. The average molecular weight is 497 g/mol. The third-order valence-electron chi connectivity index (χ3n) is 8.27. The number of aryl methyl sites for hydroxylation is 3. The van der Waals surface area contributed by atoms with Gasteiger partial charge in [-0.3, -0.25) is 4.79 Å². The third-order valence-corrected chi connectivity index (χ3v) is 8.27. The zero-order valence-electron chi connectivity index (χ0n) is 22.7. The molecule has 1 saturated carbocycles. The molecule has 0 radical (unpaired) electrons.